The molecule has 9 heteroatoms. The molecule has 0 spiro atoms. The smallest absolute Gasteiger partial charge is 0.358 e. The third-order valence-corrected chi connectivity index (χ3v) is 5.28. The van der Waals surface area contributed by atoms with Crippen LogP contribution in [0.25, 0.3) is 11.1 Å². The molecule has 2 rings (SSSR count). The molecule has 2 aromatic rings. The van der Waals surface area contributed by atoms with Crippen LogP contribution in [0.4, 0.5) is 0 Å². The highest BCUT2D eigenvalue weighted by atomic mass is 35.5. The lowest BCUT2D eigenvalue weighted by Gasteiger charge is -2.13. The Morgan fingerprint density at radius 1 is 0.955 bits per heavy atom. The van der Waals surface area contributed by atoms with E-state index >= 15 is 0 Å². The van der Waals surface area contributed by atoms with Crippen molar-refractivity contribution in [2.75, 3.05) is 7.11 Å². The lowest BCUT2D eigenvalue weighted by atomic mass is 10.1. The molecular weight excluding hydrogens is 415 g/mol. The van der Waals surface area contributed by atoms with Crippen LogP contribution in [0.3, 0.4) is 0 Å². The maximum absolute atomic E-state index is 11.5. The third-order valence-electron chi connectivity index (χ3n) is 2.72. The second-order valence-electron chi connectivity index (χ2n) is 3.99. The molecule has 3 nitrogen and oxygen atoms in total. The maximum atomic E-state index is 11.5. The number of hydrogen-bond acceptors (Lipinski definition) is 3. The fraction of sp³-hybridized carbons (Fsp3) is 0.0769. The van der Waals surface area contributed by atoms with Gasteiger partial charge in [0, 0.05) is 17.3 Å². The lowest BCUT2D eigenvalue weighted by molar-refractivity contribution is 0.0594. The molecule has 0 aliphatic heterocycles. The zero-order chi connectivity index (χ0) is 16.6. The van der Waals surface area contributed by atoms with E-state index in [1.807, 2.05) is 0 Å². The standard InChI is InChI=1S/C13H5Cl6NO2/c1-22-13(21)12-5(14)2-4(3-20-12)6-7(15)9(17)11(19)10(18)8(6)16/h2-3H,1H3. The first kappa shape index (κ1) is 17.9. The number of hydrogen-bond donors (Lipinski definition) is 0. The van der Waals surface area contributed by atoms with Crippen molar-refractivity contribution >= 4 is 75.6 Å². The molecule has 0 saturated carbocycles. The fourth-order valence-electron chi connectivity index (χ4n) is 1.68. The zero-order valence-electron chi connectivity index (χ0n) is 10.7. The number of carbonyl (C=O) groups excluding carboxylic acids is 1. The minimum Gasteiger partial charge on any atom is -0.464 e. The number of rotatable bonds is 2. The van der Waals surface area contributed by atoms with Gasteiger partial charge in [0.1, 0.15) is 0 Å². The van der Waals surface area contributed by atoms with Crippen LogP contribution in [0, 0.1) is 0 Å². The summed E-state index contributed by atoms with van der Waals surface area (Å²) in [6.45, 7) is 0. The monoisotopic (exact) mass is 417 g/mol. The molecule has 1 aromatic heterocycles. The van der Waals surface area contributed by atoms with E-state index in [1.165, 1.54) is 19.4 Å². The van der Waals surface area contributed by atoms with Crippen LogP contribution in [-0.4, -0.2) is 18.1 Å². The number of carbonyl (C=O) groups is 1. The number of halogens is 6. The molecule has 0 N–H and O–H groups in total. The van der Waals surface area contributed by atoms with Gasteiger partial charge in [-0.3, -0.25) is 0 Å². The van der Waals surface area contributed by atoms with Crippen LogP contribution < -0.4 is 0 Å². The number of benzene rings is 1. The van der Waals surface area contributed by atoms with Crippen LogP contribution in [0.1, 0.15) is 10.5 Å². The van der Waals surface area contributed by atoms with Crippen molar-refractivity contribution in [1.29, 1.82) is 0 Å². The predicted molar refractivity (Wildman–Crippen MR) is 91.1 cm³/mol. The van der Waals surface area contributed by atoms with Crippen molar-refractivity contribution in [3.8, 4) is 11.1 Å². The van der Waals surface area contributed by atoms with Gasteiger partial charge in [0.15, 0.2) is 5.69 Å². The van der Waals surface area contributed by atoms with Crippen LogP contribution in [0.15, 0.2) is 12.3 Å². The molecule has 22 heavy (non-hydrogen) atoms. The predicted octanol–water partition coefficient (Wildman–Crippen LogP) is 6.46. The summed E-state index contributed by atoms with van der Waals surface area (Å²) < 4.78 is 4.57. The topological polar surface area (TPSA) is 39.2 Å². The van der Waals surface area contributed by atoms with E-state index < -0.39 is 5.97 Å². The van der Waals surface area contributed by atoms with Gasteiger partial charge in [-0.05, 0) is 6.07 Å². The molecule has 0 amide bonds. The normalized spacial score (nSPS) is 10.7. The Labute approximate surface area is 156 Å². The number of esters is 1. The molecule has 1 aromatic carbocycles. The Kier molecular flexibility index (Phi) is 5.70. The van der Waals surface area contributed by atoms with Crippen molar-refractivity contribution in [2.45, 2.75) is 0 Å². The summed E-state index contributed by atoms with van der Waals surface area (Å²) in [7, 11) is 1.22. The molecule has 0 radical (unpaired) electrons. The molecule has 116 valence electrons. The van der Waals surface area contributed by atoms with Crippen LogP contribution in [0.2, 0.25) is 30.1 Å². The first-order valence-corrected chi connectivity index (χ1v) is 7.82. The van der Waals surface area contributed by atoms with E-state index in [0.29, 0.717) is 11.1 Å². The minimum absolute atomic E-state index is 0.0358. The minimum atomic E-state index is -0.666. The number of methoxy groups -OCH3 is 1. The van der Waals surface area contributed by atoms with E-state index in [2.05, 4.69) is 9.72 Å². The largest absolute Gasteiger partial charge is 0.464 e. The molecule has 0 fully saturated rings. The Hall–Kier alpha value is -0.420. The number of aromatic nitrogens is 1. The summed E-state index contributed by atoms with van der Waals surface area (Å²) in [5.74, 6) is -0.666. The molecule has 0 saturated heterocycles. The molecule has 0 bridgehead atoms. The third kappa shape index (κ3) is 3.12. The van der Waals surface area contributed by atoms with Gasteiger partial charge in [0.05, 0.1) is 37.2 Å². The Morgan fingerprint density at radius 2 is 1.45 bits per heavy atom. The van der Waals surface area contributed by atoms with Gasteiger partial charge in [0.2, 0.25) is 0 Å². The lowest BCUT2D eigenvalue weighted by Crippen LogP contribution is -2.05. The van der Waals surface area contributed by atoms with Crippen LogP contribution >= 0.6 is 69.6 Å². The number of nitrogens with zero attached hydrogens (tertiary/aromatic N) is 1. The van der Waals surface area contributed by atoms with E-state index in [4.69, 9.17) is 69.6 Å². The first-order valence-electron chi connectivity index (χ1n) is 5.55. The molecule has 1 heterocycles. The van der Waals surface area contributed by atoms with E-state index in [-0.39, 0.29) is 35.8 Å². The molecule has 0 unspecified atom stereocenters. The molecular formula is C13H5Cl6NO2. The van der Waals surface area contributed by atoms with Gasteiger partial charge < -0.3 is 4.74 Å². The highest BCUT2D eigenvalue weighted by Gasteiger charge is 2.22. The van der Waals surface area contributed by atoms with Crippen molar-refractivity contribution in [2.24, 2.45) is 0 Å². The van der Waals surface area contributed by atoms with Crippen molar-refractivity contribution < 1.29 is 9.53 Å². The van der Waals surface area contributed by atoms with Crippen molar-refractivity contribution in [3.63, 3.8) is 0 Å². The number of pyridine rings is 1. The van der Waals surface area contributed by atoms with Gasteiger partial charge in [0.25, 0.3) is 0 Å². The average Bonchev–Trinajstić information content (AvgIpc) is 2.50. The van der Waals surface area contributed by atoms with Crippen molar-refractivity contribution in [3.05, 3.63) is 48.1 Å². The summed E-state index contributed by atoms with van der Waals surface area (Å²) in [4.78, 5) is 15.4. The van der Waals surface area contributed by atoms with E-state index in [0.717, 1.165) is 0 Å². The summed E-state index contributed by atoms with van der Waals surface area (Å²) in [5, 5.41) is 0.433. The summed E-state index contributed by atoms with van der Waals surface area (Å²) >= 11 is 36.3. The van der Waals surface area contributed by atoms with Crippen LogP contribution in [-0.2, 0) is 4.74 Å². The highest BCUT2D eigenvalue weighted by molar-refractivity contribution is 6.56. The molecule has 0 aliphatic rings. The quantitative estimate of drug-likeness (QED) is 0.318. The first-order chi connectivity index (χ1) is 10.3. The maximum Gasteiger partial charge on any atom is 0.358 e. The Morgan fingerprint density at radius 3 is 1.91 bits per heavy atom. The SMILES string of the molecule is COC(=O)c1ncc(-c2c(Cl)c(Cl)c(Cl)c(Cl)c2Cl)cc1Cl. The summed E-state index contributed by atoms with van der Waals surface area (Å²) in [5.41, 5.74) is 0.702. The van der Waals surface area contributed by atoms with Crippen LogP contribution in [0.5, 0.6) is 0 Å². The van der Waals surface area contributed by atoms with E-state index in [1.54, 1.807) is 0 Å². The Balaban J connectivity index is 2.68. The highest BCUT2D eigenvalue weighted by Crippen LogP contribution is 2.48. The molecule has 0 aliphatic carbocycles. The molecule has 0 atom stereocenters. The van der Waals surface area contributed by atoms with Gasteiger partial charge >= 0.3 is 5.97 Å². The average molecular weight is 420 g/mol. The van der Waals surface area contributed by atoms with Crippen molar-refractivity contribution in [1.82, 2.24) is 4.98 Å². The van der Waals surface area contributed by atoms with Gasteiger partial charge in [-0.25, -0.2) is 9.78 Å². The van der Waals surface area contributed by atoms with Gasteiger partial charge in [-0.15, -0.1) is 0 Å². The second-order valence-corrected chi connectivity index (χ2v) is 6.29. The van der Waals surface area contributed by atoms with Gasteiger partial charge in [-0.2, -0.15) is 0 Å². The number of ether oxygens (including phenoxy) is 1. The van der Waals surface area contributed by atoms with E-state index in [9.17, 15) is 4.79 Å². The second kappa shape index (κ2) is 7.00. The Bertz CT molecular complexity index is 749. The zero-order valence-corrected chi connectivity index (χ0v) is 15.2. The van der Waals surface area contributed by atoms with Gasteiger partial charge in [-0.1, -0.05) is 69.6 Å². The summed E-state index contributed by atoms with van der Waals surface area (Å²) in [6.07, 6.45) is 1.35. The summed E-state index contributed by atoms with van der Waals surface area (Å²) in [6, 6.07) is 1.45. The fourth-order valence-corrected chi connectivity index (χ4v) is 3.28.